The predicted molar refractivity (Wildman–Crippen MR) is 186 cm³/mol. The van der Waals surface area contributed by atoms with E-state index in [1.165, 1.54) is 0 Å². The quantitative estimate of drug-likeness (QED) is 0.0145. The minimum absolute atomic E-state index is 0.0931. The molecule has 4 aromatic carbocycles. The zero-order chi connectivity index (χ0) is 42.5. The van der Waals surface area contributed by atoms with Gasteiger partial charge in [-0.25, -0.2) is 15.3 Å². The Morgan fingerprint density at radius 2 is 1.28 bits per heavy atom. The number of nitro benzene ring substituents is 1. The molecule has 5 rings (SSSR count). The van der Waals surface area contributed by atoms with Crippen molar-refractivity contribution in [3.8, 4) is 11.5 Å². The molecule has 32 heteroatoms. The fourth-order valence-corrected chi connectivity index (χ4v) is 6.85. The third-order valence-electron chi connectivity index (χ3n) is 6.99. The van der Waals surface area contributed by atoms with Crippen molar-refractivity contribution in [2.45, 2.75) is 25.6 Å². The van der Waals surface area contributed by atoms with Gasteiger partial charge in [-0.05, 0) is 41.8 Å². The highest BCUT2D eigenvalue weighted by molar-refractivity contribution is 7.95. The molecular weight excluding hydrogens is 871 g/mol. The Morgan fingerprint density at radius 1 is 0.707 bits per heavy atom. The summed E-state index contributed by atoms with van der Waals surface area (Å²) in [6.07, 6.45) is 0. The van der Waals surface area contributed by atoms with E-state index < -0.39 is 109 Å². The van der Waals surface area contributed by atoms with Crippen LogP contribution in [0.2, 0.25) is 0 Å². The van der Waals surface area contributed by atoms with Crippen molar-refractivity contribution in [1.29, 1.82) is 0 Å². The van der Waals surface area contributed by atoms with E-state index in [1.807, 2.05) is 0 Å². The number of barbiturate groups is 1. The number of urea groups is 1. The van der Waals surface area contributed by atoms with Gasteiger partial charge in [0.2, 0.25) is 6.04 Å². The maximum atomic E-state index is 12.4. The molecule has 1 saturated heterocycles. The summed E-state index contributed by atoms with van der Waals surface area (Å²) in [5, 5.41) is 82.6. The zero-order valence-corrected chi connectivity index (χ0v) is 30.7. The molecule has 0 aromatic heterocycles. The Morgan fingerprint density at radius 3 is 1.88 bits per heavy atom. The van der Waals surface area contributed by atoms with Crippen LogP contribution in [0.4, 0.5) is 38.9 Å². The Balaban J connectivity index is 1.64. The van der Waals surface area contributed by atoms with Gasteiger partial charge in [0, 0.05) is 12.1 Å². The number of benzene rings is 4. The molecule has 8 N–H and O–H groups in total. The first-order valence-electron chi connectivity index (χ1n) is 14.5. The summed E-state index contributed by atoms with van der Waals surface area (Å²) in [4.78, 5) is 42.8. The van der Waals surface area contributed by atoms with Gasteiger partial charge < -0.3 is 10.2 Å². The number of nitrogens with one attached hydrogen (secondary N) is 2. The van der Waals surface area contributed by atoms with Gasteiger partial charge in [-0.15, -0.1) is 29.1 Å². The lowest BCUT2D eigenvalue weighted by molar-refractivity contribution is -0.432. The third-order valence-corrected chi connectivity index (χ3v) is 9.99. The number of carbonyl (C=O) groups excluding carboxylic acids is 3. The van der Waals surface area contributed by atoms with E-state index in [4.69, 9.17) is 10.5 Å². The minimum atomic E-state index is -5.29. The predicted octanol–water partition coefficient (Wildman–Crippen LogP) is 5.16. The number of hydrogen-bond acceptors (Lipinski definition) is 25. The molecule has 1 fully saturated rings. The van der Waals surface area contributed by atoms with Crippen LogP contribution in [0.15, 0.2) is 98.8 Å². The van der Waals surface area contributed by atoms with Crippen LogP contribution < -0.4 is 10.6 Å². The number of carbonyl (C=O) groups is 3. The van der Waals surface area contributed by atoms with E-state index >= 15 is 0 Å². The van der Waals surface area contributed by atoms with Crippen molar-refractivity contribution < 1.29 is 84.7 Å². The van der Waals surface area contributed by atoms with Crippen molar-refractivity contribution in [3.63, 3.8) is 0 Å². The van der Waals surface area contributed by atoms with Gasteiger partial charge >= 0.3 is 6.03 Å². The van der Waals surface area contributed by atoms with Crippen molar-refractivity contribution in [3.05, 3.63) is 58.6 Å². The smallest absolute Gasteiger partial charge is 0.328 e. The van der Waals surface area contributed by atoms with Crippen LogP contribution in [0.5, 0.6) is 11.5 Å². The number of phenolic OH excluding ortho intramolecular Hbond substituents is 2. The van der Waals surface area contributed by atoms with E-state index in [0.717, 1.165) is 36.4 Å². The Bertz CT molecular complexity index is 2680. The molecule has 28 nitrogen and oxygen atoms in total. The molecule has 0 aliphatic carbocycles. The highest BCUT2D eigenvalue weighted by Crippen LogP contribution is 2.51. The number of rotatable bonds is 15. The minimum Gasteiger partial charge on any atom is -0.505 e. The number of nitro groups is 1. The molecule has 1 aliphatic rings. The highest BCUT2D eigenvalue weighted by Gasteiger charge is 2.34. The largest absolute Gasteiger partial charge is 0.505 e. The number of nitrogens with zero attached hydrogens (tertiary/aromatic N) is 7. The first kappa shape index (κ1) is 43.0. The lowest BCUT2D eigenvalue weighted by atomic mass is 10.1. The number of non-ortho nitro benzene ring substituents is 1. The van der Waals surface area contributed by atoms with E-state index in [0.29, 0.717) is 12.1 Å². The molecule has 58 heavy (non-hydrogen) atoms. The number of aromatic hydroxyl groups is 2. The second-order valence-corrected chi connectivity index (χ2v) is 14.8. The lowest BCUT2D eigenvalue weighted by Crippen LogP contribution is -2.57. The second-order valence-electron chi connectivity index (χ2n) is 10.5. The average Bonchev–Trinajstić information content (AvgIpc) is 3.14. The molecule has 0 unspecified atom stereocenters. The third kappa shape index (κ3) is 9.67. The van der Waals surface area contributed by atoms with Gasteiger partial charge in [-0.1, -0.05) is 10.1 Å². The summed E-state index contributed by atoms with van der Waals surface area (Å²) in [6.45, 7) is 0. The monoisotopic (exact) mass is 887 g/mol. The Hall–Kier alpha value is -6.17. The molecule has 1 heterocycles. The van der Waals surface area contributed by atoms with Crippen molar-refractivity contribution in [2.75, 3.05) is 0 Å². The lowest BCUT2D eigenvalue weighted by Gasteiger charge is -2.16. The van der Waals surface area contributed by atoms with E-state index in [1.54, 1.807) is 10.6 Å². The molecule has 0 bridgehead atoms. The van der Waals surface area contributed by atoms with Crippen LogP contribution >= 0.6 is 24.1 Å². The maximum absolute atomic E-state index is 12.4. The summed E-state index contributed by atoms with van der Waals surface area (Å²) in [5.74, 6) is -4.58. The van der Waals surface area contributed by atoms with Crippen LogP contribution in [0, 0.1) is 10.1 Å². The topological polar surface area (TPSA) is 419 Å². The molecule has 0 spiro atoms. The number of amides is 4. The SMILES string of the molecule is O=C1NC(=O)C(/N=N/c2ccc(/N=N/c3c(SOOO)cc4cc(S(=O)(=O)O)c(/N=N/c5ccc([N+](=O)[O-])cc5SOOO)c(O)c4c3O)c(S(=O)(=O)O)c2)C(=O)N1. The molecule has 304 valence electrons. The van der Waals surface area contributed by atoms with Crippen molar-refractivity contribution in [2.24, 2.45) is 30.7 Å². The van der Waals surface area contributed by atoms with Gasteiger partial charge in [0.05, 0.1) is 49.9 Å². The van der Waals surface area contributed by atoms with Gasteiger partial charge in [-0.2, -0.15) is 27.1 Å². The highest BCUT2D eigenvalue weighted by atomic mass is 32.2. The molecular formula is C26H17N9O19S4. The van der Waals surface area contributed by atoms with Gasteiger partial charge in [-0.3, -0.25) is 39.4 Å². The van der Waals surface area contributed by atoms with Crippen LogP contribution in [0.25, 0.3) is 10.8 Å². The molecule has 0 saturated carbocycles. The second kappa shape index (κ2) is 17.5. The summed E-state index contributed by atoms with van der Waals surface area (Å²) in [5.41, 5.74) is -3.62. The van der Waals surface area contributed by atoms with Gasteiger partial charge in [0.15, 0.2) is 11.5 Å². The van der Waals surface area contributed by atoms with Gasteiger partial charge in [0.25, 0.3) is 37.7 Å². The Kier molecular flexibility index (Phi) is 13.0. The molecule has 0 radical (unpaired) electrons. The number of azo groups is 3. The van der Waals surface area contributed by atoms with Gasteiger partial charge in [0.1, 0.15) is 32.5 Å². The summed E-state index contributed by atoms with van der Waals surface area (Å²) >= 11 is 0.283. The van der Waals surface area contributed by atoms with E-state index in [2.05, 4.69) is 49.4 Å². The first-order chi connectivity index (χ1) is 27.3. The number of hydrogen-bond donors (Lipinski definition) is 8. The Labute approximate surface area is 328 Å². The van der Waals surface area contributed by atoms with E-state index in [-0.39, 0.29) is 40.4 Å². The summed E-state index contributed by atoms with van der Waals surface area (Å²) < 4.78 is 78.1. The van der Waals surface area contributed by atoms with Crippen LogP contribution in [0.1, 0.15) is 0 Å². The first-order valence-corrected chi connectivity index (χ1v) is 18.8. The molecule has 1 aliphatic heterocycles. The average molecular weight is 888 g/mol. The summed E-state index contributed by atoms with van der Waals surface area (Å²) in [7, 11) is -10.5. The van der Waals surface area contributed by atoms with Crippen LogP contribution in [0.3, 0.4) is 0 Å². The standard InChI is InChI=1S/C26H17N9O19S4/c36-22-18-9(6-17(58(48,49)50)20(23(18)37)33-30-12-4-2-11(35(41)42)8-14(12)55-53-51-43)5-15(56-54-52-44)19(22)32-31-13-3-1-10(7-16(13)57(45,46)47)29-34-21-24(38)27-26(40)28-25(21)39/h1-8,21,36-37,43-44H,(H,45,46,47)(H,48,49,50)(H2,27,28,38,39,40)/b32-31+,33-30+,34-29+. The van der Waals surface area contributed by atoms with Crippen molar-refractivity contribution >= 4 is 107 Å². The molecule has 4 amide bonds. The number of imide groups is 2. The number of fused-ring (bicyclic) bond motifs is 1. The normalized spacial score (nSPS) is 14.2. The fraction of sp³-hybridized carbons (Fsp3) is 0.0385. The number of phenols is 2. The summed E-state index contributed by atoms with van der Waals surface area (Å²) in [6, 6.07) is 4.06. The van der Waals surface area contributed by atoms with Crippen LogP contribution in [-0.2, 0) is 48.6 Å². The molecule has 0 atom stereocenters. The fourth-order valence-electron chi connectivity index (χ4n) is 4.59. The molecule has 4 aromatic rings. The van der Waals surface area contributed by atoms with Crippen LogP contribution in [-0.4, -0.2) is 75.5 Å². The maximum Gasteiger partial charge on any atom is 0.328 e. The zero-order valence-electron chi connectivity index (χ0n) is 27.5. The van der Waals surface area contributed by atoms with E-state index in [9.17, 15) is 60.7 Å². The van der Waals surface area contributed by atoms with Crippen molar-refractivity contribution in [1.82, 2.24) is 10.6 Å².